The third-order valence-electron chi connectivity index (χ3n) is 3.67. The number of carboxylic acids is 1. The topological polar surface area (TPSA) is 98.7 Å². The summed E-state index contributed by atoms with van der Waals surface area (Å²) < 4.78 is 0. The summed E-state index contributed by atoms with van der Waals surface area (Å²) >= 11 is 0. The van der Waals surface area contributed by atoms with Crippen LogP contribution in [0.2, 0.25) is 0 Å². The molecule has 1 saturated carbocycles. The van der Waals surface area contributed by atoms with Gasteiger partial charge >= 0.3 is 12.0 Å². The van der Waals surface area contributed by atoms with Crippen LogP contribution in [0.4, 0.5) is 10.5 Å². The number of hydrogen-bond donors (Lipinski definition) is 4. The van der Waals surface area contributed by atoms with Gasteiger partial charge in [-0.3, -0.25) is 0 Å². The standard InChI is InChI=1S/C14H18N2O4/c1-8-3-2-4-10(8)15-14(20)16-11-6-5-9(13(18)19)7-12(11)17/h5-8,10,17H,2-4H2,1H3,(H,18,19)(H2,15,16,20). The second-order valence-electron chi connectivity index (χ2n) is 5.15. The number of phenols is 1. The zero-order valence-corrected chi connectivity index (χ0v) is 11.2. The van der Waals surface area contributed by atoms with Crippen molar-refractivity contribution in [1.82, 2.24) is 5.32 Å². The van der Waals surface area contributed by atoms with Gasteiger partial charge in [0.1, 0.15) is 5.75 Å². The van der Waals surface area contributed by atoms with Crippen LogP contribution in [0.1, 0.15) is 36.5 Å². The Hall–Kier alpha value is -2.24. The van der Waals surface area contributed by atoms with Crippen LogP contribution in [-0.4, -0.2) is 28.3 Å². The molecule has 6 heteroatoms. The van der Waals surface area contributed by atoms with E-state index in [1.807, 2.05) is 0 Å². The van der Waals surface area contributed by atoms with Crippen molar-refractivity contribution in [3.63, 3.8) is 0 Å². The van der Waals surface area contributed by atoms with Gasteiger partial charge in [-0.25, -0.2) is 9.59 Å². The molecule has 0 radical (unpaired) electrons. The molecule has 1 aliphatic carbocycles. The van der Waals surface area contributed by atoms with Crippen molar-refractivity contribution >= 4 is 17.7 Å². The van der Waals surface area contributed by atoms with Crippen LogP contribution in [-0.2, 0) is 0 Å². The summed E-state index contributed by atoms with van der Waals surface area (Å²) in [5.41, 5.74) is 0.163. The van der Waals surface area contributed by atoms with Crippen molar-refractivity contribution in [3.8, 4) is 5.75 Å². The molecule has 0 heterocycles. The summed E-state index contributed by atoms with van der Waals surface area (Å²) in [7, 11) is 0. The lowest BCUT2D eigenvalue weighted by molar-refractivity contribution is 0.0696. The van der Waals surface area contributed by atoms with Crippen LogP contribution in [0.5, 0.6) is 5.75 Å². The number of phenolic OH excluding ortho intramolecular Hbond substituents is 1. The van der Waals surface area contributed by atoms with Gasteiger partial charge in [0.15, 0.2) is 0 Å². The highest BCUT2D eigenvalue weighted by atomic mass is 16.4. The van der Waals surface area contributed by atoms with Gasteiger partial charge in [0.25, 0.3) is 0 Å². The number of rotatable bonds is 3. The van der Waals surface area contributed by atoms with E-state index in [4.69, 9.17) is 5.11 Å². The van der Waals surface area contributed by atoms with Gasteiger partial charge in [-0.2, -0.15) is 0 Å². The minimum Gasteiger partial charge on any atom is -0.506 e. The second kappa shape index (κ2) is 5.81. The first kappa shape index (κ1) is 14.2. The maximum Gasteiger partial charge on any atom is 0.335 e. The second-order valence-corrected chi connectivity index (χ2v) is 5.15. The number of carbonyl (C=O) groups is 2. The van der Waals surface area contributed by atoms with Crippen molar-refractivity contribution in [2.45, 2.75) is 32.2 Å². The maximum atomic E-state index is 11.8. The number of nitrogens with one attached hydrogen (secondary N) is 2. The van der Waals surface area contributed by atoms with Crippen molar-refractivity contribution in [3.05, 3.63) is 23.8 Å². The molecule has 108 valence electrons. The number of benzene rings is 1. The molecular weight excluding hydrogens is 260 g/mol. The number of aromatic carboxylic acids is 1. The molecule has 1 fully saturated rings. The Labute approximate surface area is 116 Å². The normalized spacial score (nSPS) is 21.4. The molecule has 6 nitrogen and oxygen atoms in total. The molecule has 0 aromatic heterocycles. The predicted molar refractivity (Wildman–Crippen MR) is 74.0 cm³/mol. The lowest BCUT2D eigenvalue weighted by Crippen LogP contribution is -2.39. The smallest absolute Gasteiger partial charge is 0.335 e. The van der Waals surface area contributed by atoms with Crippen molar-refractivity contribution < 1.29 is 19.8 Å². The fourth-order valence-corrected chi connectivity index (χ4v) is 2.46. The number of urea groups is 1. The number of hydrogen-bond acceptors (Lipinski definition) is 3. The number of aromatic hydroxyl groups is 1. The van der Waals surface area contributed by atoms with E-state index in [0.29, 0.717) is 5.92 Å². The summed E-state index contributed by atoms with van der Waals surface area (Å²) in [6.07, 6.45) is 3.16. The molecule has 0 spiro atoms. The van der Waals surface area contributed by atoms with E-state index in [2.05, 4.69) is 17.6 Å². The molecule has 2 atom stereocenters. The van der Waals surface area contributed by atoms with Gasteiger partial charge in [0.2, 0.25) is 0 Å². The van der Waals surface area contributed by atoms with E-state index in [0.717, 1.165) is 25.3 Å². The zero-order valence-electron chi connectivity index (χ0n) is 11.2. The minimum atomic E-state index is -1.13. The Morgan fingerprint density at radius 2 is 2.05 bits per heavy atom. The van der Waals surface area contributed by atoms with E-state index in [-0.39, 0.29) is 29.1 Å². The Kier molecular flexibility index (Phi) is 4.12. The number of anilines is 1. The van der Waals surface area contributed by atoms with Gasteiger partial charge < -0.3 is 20.8 Å². The number of amides is 2. The summed E-state index contributed by atoms with van der Waals surface area (Å²) in [5, 5.41) is 23.9. The van der Waals surface area contributed by atoms with Crippen LogP contribution in [0.25, 0.3) is 0 Å². The van der Waals surface area contributed by atoms with Crippen LogP contribution in [0.3, 0.4) is 0 Å². The van der Waals surface area contributed by atoms with Crippen molar-refractivity contribution in [2.24, 2.45) is 5.92 Å². The molecule has 2 rings (SSSR count). The predicted octanol–water partition coefficient (Wildman–Crippen LogP) is 2.40. The van der Waals surface area contributed by atoms with E-state index in [1.165, 1.54) is 12.1 Å². The lowest BCUT2D eigenvalue weighted by Gasteiger charge is -2.18. The van der Waals surface area contributed by atoms with Crippen molar-refractivity contribution in [1.29, 1.82) is 0 Å². The first-order valence-electron chi connectivity index (χ1n) is 6.61. The highest BCUT2D eigenvalue weighted by Gasteiger charge is 2.24. The molecule has 20 heavy (non-hydrogen) atoms. The molecule has 0 saturated heterocycles. The summed E-state index contributed by atoms with van der Waals surface area (Å²) in [6, 6.07) is 3.57. The van der Waals surface area contributed by atoms with E-state index >= 15 is 0 Å². The fourth-order valence-electron chi connectivity index (χ4n) is 2.46. The Bertz CT molecular complexity index is 530. The van der Waals surface area contributed by atoms with Gasteiger partial charge in [-0.05, 0) is 37.0 Å². The van der Waals surface area contributed by atoms with Crippen molar-refractivity contribution in [2.75, 3.05) is 5.32 Å². The SMILES string of the molecule is CC1CCCC1NC(=O)Nc1ccc(C(=O)O)cc1O. The largest absolute Gasteiger partial charge is 0.506 e. The molecule has 1 aliphatic rings. The molecule has 2 unspecified atom stereocenters. The van der Waals surface area contributed by atoms with Crippen LogP contribution < -0.4 is 10.6 Å². The van der Waals surface area contributed by atoms with Crippen LogP contribution >= 0.6 is 0 Å². The third kappa shape index (κ3) is 3.20. The quantitative estimate of drug-likeness (QED) is 0.638. The van der Waals surface area contributed by atoms with Gasteiger partial charge in [-0.15, -0.1) is 0 Å². The fraction of sp³-hybridized carbons (Fsp3) is 0.429. The Balaban J connectivity index is 1.99. The van der Waals surface area contributed by atoms with E-state index in [1.54, 1.807) is 0 Å². The van der Waals surface area contributed by atoms with Crippen LogP contribution in [0.15, 0.2) is 18.2 Å². The summed E-state index contributed by atoms with van der Waals surface area (Å²) in [6.45, 7) is 2.09. The van der Waals surface area contributed by atoms with E-state index in [9.17, 15) is 14.7 Å². The lowest BCUT2D eigenvalue weighted by atomic mass is 10.1. The molecule has 4 N–H and O–H groups in total. The average molecular weight is 278 g/mol. The molecular formula is C14H18N2O4. The summed E-state index contributed by atoms with van der Waals surface area (Å²) in [4.78, 5) is 22.6. The van der Waals surface area contributed by atoms with E-state index < -0.39 is 5.97 Å². The monoisotopic (exact) mass is 278 g/mol. The van der Waals surface area contributed by atoms with Crippen LogP contribution in [0, 0.1) is 5.92 Å². The molecule has 1 aromatic rings. The number of carbonyl (C=O) groups excluding carboxylic acids is 1. The first-order chi connectivity index (χ1) is 9.47. The van der Waals surface area contributed by atoms with Gasteiger partial charge in [0, 0.05) is 6.04 Å². The molecule has 0 aliphatic heterocycles. The Morgan fingerprint density at radius 3 is 2.60 bits per heavy atom. The number of carboxylic acid groups (broad SMARTS) is 1. The highest BCUT2D eigenvalue weighted by molar-refractivity contribution is 5.93. The molecule has 2 amide bonds. The Morgan fingerprint density at radius 1 is 1.30 bits per heavy atom. The van der Waals surface area contributed by atoms with Gasteiger partial charge in [0.05, 0.1) is 11.3 Å². The molecule has 1 aromatic carbocycles. The minimum absolute atomic E-state index is 0.0297. The first-order valence-corrected chi connectivity index (χ1v) is 6.61. The zero-order chi connectivity index (χ0) is 14.7. The molecule has 0 bridgehead atoms. The highest BCUT2D eigenvalue weighted by Crippen LogP contribution is 2.26. The average Bonchev–Trinajstić information content (AvgIpc) is 2.77. The maximum absolute atomic E-state index is 11.8. The third-order valence-corrected chi connectivity index (χ3v) is 3.67. The summed E-state index contributed by atoms with van der Waals surface area (Å²) in [5.74, 6) is -0.945. The van der Waals surface area contributed by atoms with Gasteiger partial charge in [-0.1, -0.05) is 13.3 Å².